The molecule has 0 atom stereocenters. The molecule has 4 aromatic rings. The number of anilines is 1. The summed E-state index contributed by atoms with van der Waals surface area (Å²) in [6.45, 7) is 0. The molecule has 0 radical (unpaired) electrons. The summed E-state index contributed by atoms with van der Waals surface area (Å²) >= 11 is 0. The van der Waals surface area contributed by atoms with Gasteiger partial charge in [-0.05, 0) is 30.3 Å². The average Bonchev–Trinajstić information content (AvgIpc) is 3.22. The fraction of sp³-hybridized carbons (Fsp3) is 0.0476. The number of nitro groups is 2. The molecule has 0 saturated carbocycles. The third-order valence-electron chi connectivity index (χ3n) is 4.55. The largest absolute Gasteiger partial charge is 0.497 e. The van der Waals surface area contributed by atoms with Crippen molar-refractivity contribution in [2.75, 3.05) is 12.4 Å². The second-order valence-electron chi connectivity index (χ2n) is 6.64. The Hall–Kier alpha value is -4.80. The van der Waals surface area contributed by atoms with Crippen LogP contribution < -0.4 is 10.1 Å². The van der Waals surface area contributed by atoms with Crippen LogP contribution in [-0.4, -0.2) is 27.8 Å². The predicted molar refractivity (Wildman–Crippen MR) is 114 cm³/mol. The predicted octanol–water partition coefficient (Wildman–Crippen LogP) is 4.57. The molecule has 0 unspecified atom stereocenters. The molecule has 4 rings (SSSR count). The molecule has 1 N–H and O–H groups in total. The first-order valence-electron chi connectivity index (χ1n) is 9.14. The zero-order valence-corrected chi connectivity index (χ0v) is 16.5. The second kappa shape index (κ2) is 8.14. The highest BCUT2D eigenvalue weighted by atomic mass is 16.6. The zero-order valence-electron chi connectivity index (χ0n) is 16.5. The smallest absolute Gasteiger partial charge is 0.277 e. The molecule has 0 saturated heterocycles. The fourth-order valence-electron chi connectivity index (χ4n) is 3.02. The van der Waals surface area contributed by atoms with Gasteiger partial charge < -0.3 is 14.5 Å². The summed E-state index contributed by atoms with van der Waals surface area (Å²) in [7, 11) is 1.55. The minimum Gasteiger partial charge on any atom is -0.497 e. The van der Waals surface area contributed by atoms with E-state index in [1.165, 1.54) is 6.07 Å². The van der Waals surface area contributed by atoms with Crippen molar-refractivity contribution in [3.05, 3.63) is 86.5 Å². The van der Waals surface area contributed by atoms with Gasteiger partial charge in [0.2, 0.25) is 5.89 Å². The molecule has 0 fully saturated rings. The number of aromatic nitrogens is 1. The third-order valence-corrected chi connectivity index (χ3v) is 4.55. The van der Waals surface area contributed by atoms with E-state index in [1.807, 2.05) is 6.07 Å². The average molecular weight is 434 g/mol. The number of hydrogen-bond acceptors (Lipinski definition) is 8. The number of benzene rings is 3. The Bertz CT molecular complexity index is 1350. The number of carbonyl (C=O) groups is 1. The number of amides is 1. The van der Waals surface area contributed by atoms with Crippen LogP contribution in [0, 0.1) is 20.2 Å². The highest BCUT2D eigenvalue weighted by Crippen LogP contribution is 2.29. The van der Waals surface area contributed by atoms with E-state index in [4.69, 9.17) is 9.15 Å². The minimum atomic E-state index is -0.801. The van der Waals surface area contributed by atoms with Crippen molar-refractivity contribution in [3.8, 4) is 17.2 Å². The lowest BCUT2D eigenvalue weighted by Gasteiger charge is -2.05. The molecule has 0 aliphatic heterocycles. The van der Waals surface area contributed by atoms with E-state index in [-0.39, 0.29) is 5.56 Å². The molecular formula is C21H14N4O7. The van der Waals surface area contributed by atoms with Crippen LogP contribution in [0.4, 0.5) is 17.1 Å². The molecule has 11 heteroatoms. The number of nitro benzene ring substituents is 2. The molecule has 32 heavy (non-hydrogen) atoms. The van der Waals surface area contributed by atoms with Crippen molar-refractivity contribution in [2.24, 2.45) is 0 Å². The minimum absolute atomic E-state index is 0.222. The number of nitrogens with zero attached hydrogens (tertiary/aromatic N) is 3. The Morgan fingerprint density at radius 1 is 1.00 bits per heavy atom. The quantitative estimate of drug-likeness (QED) is 0.342. The van der Waals surface area contributed by atoms with Gasteiger partial charge in [0.1, 0.15) is 11.3 Å². The van der Waals surface area contributed by atoms with Crippen LogP contribution in [0.25, 0.3) is 22.6 Å². The van der Waals surface area contributed by atoms with Gasteiger partial charge in [0.25, 0.3) is 17.3 Å². The molecule has 1 heterocycles. The van der Waals surface area contributed by atoms with E-state index in [0.29, 0.717) is 34.0 Å². The van der Waals surface area contributed by atoms with Gasteiger partial charge in [-0.15, -0.1) is 0 Å². The highest BCUT2D eigenvalue weighted by molar-refractivity contribution is 6.05. The maximum atomic E-state index is 12.6. The lowest BCUT2D eigenvalue weighted by atomic mass is 10.1. The van der Waals surface area contributed by atoms with E-state index >= 15 is 0 Å². The Balaban J connectivity index is 1.63. The number of carbonyl (C=O) groups excluding carboxylic acids is 1. The number of ether oxygens (including phenoxy) is 1. The number of methoxy groups -OCH3 is 1. The van der Waals surface area contributed by atoms with Gasteiger partial charge in [0.15, 0.2) is 5.58 Å². The molecule has 0 spiro atoms. The topological polar surface area (TPSA) is 151 Å². The van der Waals surface area contributed by atoms with Crippen molar-refractivity contribution < 1.29 is 23.8 Å². The SMILES string of the molecule is COc1cccc(-c2nc3ccc(NC(=O)c4cc([N+](=O)[O-])cc([N+](=O)[O-])c4)cc3o2)c1. The molecule has 1 aromatic heterocycles. The molecule has 0 bridgehead atoms. The van der Waals surface area contributed by atoms with E-state index in [1.54, 1.807) is 37.4 Å². The van der Waals surface area contributed by atoms with E-state index in [9.17, 15) is 25.0 Å². The van der Waals surface area contributed by atoms with Gasteiger partial charge in [-0.3, -0.25) is 25.0 Å². The highest BCUT2D eigenvalue weighted by Gasteiger charge is 2.20. The Morgan fingerprint density at radius 2 is 1.72 bits per heavy atom. The molecular weight excluding hydrogens is 420 g/mol. The van der Waals surface area contributed by atoms with Gasteiger partial charge in [0.05, 0.1) is 28.6 Å². The van der Waals surface area contributed by atoms with Crippen LogP contribution in [0.2, 0.25) is 0 Å². The van der Waals surface area contributed by atoms with Gasteiger partial charge in [-0.1, -0.05) is 6.07 Å². The summed E-state index contributed by atoms with van der Waals surface area (Å²) in [6.07, 6.45) is 0. The molecule has 0 aliphatic rings. The van der Waals surface area contributed by atoms with Gasteiger partial charge >= 0.3 is 0 Å². The number of fused-ring (bicyclic) bond motifs is 1. The summed E-state index contributed by atoms with van der Waals surface area (Å²) in [5.74, 6) is 0.254. The molecule has 3 aromatic carbocycles. The van der Waals surface area contributed by atoms with Crippen LogP contribution in [0.15, 0.2) is 65.1 Å². The first-order valence-corrected chi connectivity index (χ1v) is 9.14. The van der Waals surface area contributed by atoms with Gasteiger partial charge in [-0.25, -0.2) is 4.98 Å². The Kier molecular flexibility index (Phi) is 5.21. The number of rotatable bonds is 6. The van der Waals surface area contributed by atoms with Crippen molar-refractivity contribution in [1.82, 2.24) is 4.98 Å². The summed E-state index contributed by atoms with van der Waals surface area (Å²) in [5, 5.41) is 24.6. The monoisotopic (exact) mass is 434 g/mol. The van der Waals surface area contributed by atoms with Crippen LogP contribution >= 0.6 is 0 Å². The standard InChI is InChI=1S/C21H14N4O7/c1-31-17-4-2-3-12(9-17)21-23-18-6-5-14(10-19(18)32-21)22-20(26)13-7-15(24(27)28)11-16(8-13)25(29)30/h2-11H,1H3,(H,22,26). The van der Waals surface area contributed by atoms with Crippen LogP contribution in [-0.2, 0) is 0 Å². The van der Waals surface area contributed by atoms with Crippen molar-refractivity contribution in [2.45, 2.75) is 0 Å². The van der Waals surface area contributed by atoms with E-state index < -0.39 is 27.1 Å². The first-order chi connectivity index (χ1) is 15.3. The van der Waals surface area contributed by atoms with Crippen LogP contribution in [0.3, 0.4) is 0 Å². The Labute approximate surface area is 179 Å². The lowest BCUT2D eigenvalue weighted by Crippen LogP contribution is -2.12. The summed E-state index contributed by atoms with van der Waals surface area (Å²) in [5.41, 5.74) is 0.633. The second-order valence-corrected chi connectivity index (χ2v) is 6.64. The normalized spacial score (nSPS) is 10.7. The first kappa shape index (κ1) is 20.5. The van der Waals surface area contributed by atoms with E-state index in [0.717, 1.165) is 18.2 Å². The molecule has 160 valence electrons. The summed E-state index contributed by atoms with van der Waals surface area (Å²) in [4.78, 5) is 37.5. The van der Waals surface area contributed by atoms with E-state index in [2.05, 4.69) is 10.3 Å². The zero-order chi connectivity index (χ0) is 22.8. The van der Waals surface area contributed by atoms with Crippen molar-refractivity contribution in [1.29, 1.82) is 0 Å². The molecule has 1 amide bonds. The third kappa shape index (κ3) is 4.07. The molecule has 11 nitrogen and oxygen atoms in total. The number of nitrogens with one attached hydrogen (secondary N) is 1. The Morgan fingerprint density at radius 3 is 2.38 bits per heavy atom. The molecule has 0 aliphatic carbocycles. The number of non-ortho nitro benzene ring substituents is 2. The van der Waals surface area contributed by atoms with Gasteiger partial charge in [-0.2, -0.15) is 0 Å². The summed E-state index contributed by atoms with van der Waals surface area (Å²) < 4.78 is 11.0. The van der Waals surface area contributed by atoms with Crippen LogP contribution in [0.1, 0.15) is 10.4 Å². The maximum absolute atomic E-state index is 12.6. The van der Waals surface area contributed by atoms with Crippen molar-refractivity contribution >= 4 is 34.1 Å². The fourth-order valence-corrected chi connectivity index (χ4v) is 3.02. The number of oxazole rings is 1. The summed E-state index contributed by atoms with van der Waals surface area (Å²) in [6, 6.07) is 14.6. The lowest BCUT2D eigenvalue weighted by molar-refractivity contribution is -0.394. The van der Waals surface area contributed by atoms with Gasteiger partial charge in [0, 0.05) is 29.4 Å². The van der Waals surface area contributed by atoms with Crippen molar-refractivity contribution in [3.63, 3.8) is 0 Å². The number of hydrogen-bond donors (Lipinski definition) is 1. The maximum Gasteiger partial charge on any atom is 0.277 e. The van der Waals surface area contributed by atoms with Crippen LogP contribution in [0.5, 0.6) is 5.75 Å².